The molecule has 0 saturated heterocycles. The van der Waals surface area contributed by atoms with Gasteiger partial charge < -0.3 is 9.47 Å². The molecular formula is C18H34O4. The summed E-state index contributed by atoms with van der Waals surface area (Å²) in [6.07, 6.45) is 9.17. The molecule has 0 aromatic rings. The quantitative estimate of drug-likeness (QED) is 0.346. The molecule has 4 nitrogen and oxygen atoms in total. The van der Waals surface area contributed by atoms with Gasteiger partial charge in [0.05, 0.1) is 13.2 Å². The van der Waals surface area contributed by atoms with Gasteiger partial charge in [0.2, 0.25) is 0 Å². The molecule has 0 aliphatic rings. The van der Waals surface area contributed by atoms with Crippen LogP contribution in [0.1, 0.15) is 85.0 Å². The number of hydrogen-bond donors (Lipinski definition) is 0. The number of rotatable bonds is 14. The molecule has 0 radical (unpaired) electrons. The third kappa shape index (κ3) is 13.9. The predicted molar refractivity (Wildman–Crippen MR) is 88.6 cm³/mol. The summed E-state index contributed by atoms with van der Waals surface area (Å²) < 4.78 is 10.3. The average Bonchev–Trinajstić information content (AvgIpc) is 2.51. The third-order valence-electron chi connectivity index (χ3n) is 3.75. The lowest BCUT2D eigenvalue weighted by molar-refractivity contribution is -0.146. The maximum absolute atomic E-state index is 11.5. The van der Waals surface area contributed by atoms with E-state index in [0.717, 1.165) is 19.3 Å². The number of esters is 2. The summed E-state index contributed by atoms with van der Waals surface area (Å²) in [4.78, 5) is 23.0. The van der Waals surface area contributed by atoms with Crippen LogP contribution in [-0.4, -0.2) is 25.2 Å². The van der Waals surface area contributed by atoms with Gasteiger partial charge in [-0.2, -0.15) is 0 Å². The normalized spacial score (nSPS) is 12.0. The van der Waals surface area contributed by atoms with Crippen LogP contribution >= 0.6 is 0 Å². The number of ether oxygens (including phenoxy) is 2. The first kappa shape index (κ1) is 20.9. The van der Waals surface area contributed by atoms with E-state index in [1.165, 1.54) is 25.7 Å². The maximum Gasteiger partial charge on any atom is 0.305 e. The highest BCUT2D eigenvalue weighted by Gasteiger charge is 2.08. The second-order valence-corrected chi connectivity index (χ2v) is 6.04. The minimum atomic E-state index is -0.218. The van der Waals surface area contributed by atoms with Crippen LogP contribution < -0.4 is 0 Å². The Hall–Kier alpha value is -1.06. The van der Waals surface area contributed by atoms with E-state index in [0.29, 0.717) is 38.4 Å². The number of hydrogen-bond acceptors (Lipinski definition) is 4. The van der Waals surface area contributed by atoms with E-state index in [2.05, 4.69) is 13.8 Å². The molecular weight excluding hydrogens is 280 g/mol. The van der Waals surface area contributed by atoms with E-state index >= 15 is 0 Å². The number of carbonyl (C=O) groups excluding carboxylic acids is 2. The van der Waals surface area contributed by atoms with Crippen LogP contribution in [0, 0.1) is 5.92 Å². The van der Waals surface area contributed by atoms with Crippen molar-refractivity contribution < 1.29 is 19.1 Å². The topological polar surface area (TPSA) is 52.6 Å². The Bertz CT molecular complexity index is 289. The van der Waals surface area contributed by atoms with Crippen LogP contribution in [0.25, 0.3) is 0 Å². The molecule has 1 atom stereocenters. The van der Waals surface area contributed by atoms with Gasteiger partial charge in [-0.1, -0.05) is 59.3 Å². The molecule has 130 valence electrons. The maximum atomic E-state index is 11.5. The van der Waals surface area contributed by atoms with E-state index in [9.17, 15) is 9.59 Å². The molecule has 0 rings (SSSR count). The molecule has 0 aromatic heterocycles. The van der Waals surface area contributed by atoms with Gasteiger partial charge in [-0.05, 0) is 18.8 Å². The molecule has 0 heterocycles. The Labute approximate surface area is 135 Å². The first-order valence-corrected chi connectivity index (χ1v) is 8.91. The first-order valence-electron chi connectivity index (χ1n) is 8.91. The van der Waals surface area contributed by atoms with Gasteiger partial charge in [0.15, 0.2) is 0 Å². The molecule has 0 amide bonds. The van der Waals surface area contributed by atoms with Crippen LogP contribution in [0.2, 0.25) is 0 Å². The summed E-state index contributed by atoms with van der Waals surface area (Å²) in [5.74, 6) is -0.0291. The molecule has 0 N–H and O–H groups in total. The first-order chi connectivity index (χ1) is 10.6. The second-order valence-electron chi connectivity index (χ2n) is 6.04. The molecule has 1 unspecified atom stereocenters. The van der Waals surface area contributed by atoms with Crippen molar-refractivity contribution in [3.05, 3.63) is 0 Å². The fourth-order valence-corrected chi connectivity index (χ4v) is 1.94. The van der Waals surface area contributed by atoms with Crippen LogP contribution in [0.15, 0.2) is 0 Å². The largest absolute Gasteiger partial charge is 0.466 e. The molecule has 4 heteroatoms. The van der Waals surface area contributed by atoms with Crippen LogP contribution in [-0.2, 0) is 19.1 Å². The van der Waals surface area contributed by atoms with Crippen molar-refractivity contribution in [2.45, 2.75) is 85.0 Å². The lowest BCUT2D eigenvalue weighted by atomic mass is 10.1. The Balaban J connectivity index is 3.40. The number of unbranched alkanes of at least 4 members (excludes halogenated alkanes) is 5. The van der Waals surface area contributed by atoms with Gasteiger partial charge in [-0.25, -0.2) is 0 Å². The molecule has 0 saturated carbocycles. The van der Waals surface area contributed by atoms with Crippen molar-refractivity contribution in [2.24, 2.45) is 5.92 Å². The monoisotopic (exact) mass is 314 g/mol. The molecule has 22 heavy (non-hydrogen) atoms. The smallest absolute Gasteiger partial charge is 0.305 e. The summed E-state index contributed by atoms with van der Waals surface area (Å²) in [6.45, 7) is 7.29. The predicted octanol–water partition coefficient (Wildman–Crippen LogP) is 4.65. The Morgan fingerprint density at radius 2 is 1.41 bits per heavy atom. The summed E-state index contributed by atoms with van der Waals surface area (Å²) in [6, 6.07) is 0. The van der Waals surface area contributed by atoms with Crippen molar-refractivity contribution in [1.82, 2.24) is 0 Å². The molecule has 0 fully saturated rings. The van der Waals surface area contributed by atoms with E-state index < -0.39 is 0 Å². The Kier molecular flexibility index (Phi) is 14.1. The van der Waals surface area contributed by atoms with Gasteiger partial charge in [-0.3, -0.25) is 9.59 Å². The van der Waals surface area contributed by atoms with Gasteiger partial charge in [-0.15, -0.1) is 0 Å². The minimum Gasteiger partial charge on any atom is -0.466 e. The summed E-state index contributed by atoms with van der Waals surface area (Å²) in [7, 11) is 0. The van der Waals surface area contributed by atoms with Gasteiger partial charge in [0, 0.05) is 12.8 Å². The number of carbonyl (C=O) groups is 2. The van der Waals surface area contributed by atoms with Crippen molar-refractivity contribution in [3.63, 3.8) is 0 Å². The lowest BCUT2D eigenvalue weighted by Crippen LogP contribution is -2.12. The third-order valence-corrected chi connectivity index (χ3v) is 3.75. The zero-order valence-corrected chi connectivity index (χ0v) is 14.7. The van der Waals surface area contributed by atoms with E-state index in [1.54, 1.807) is 0 Å². The van der Waals surface area contributed by atoms with Crippen LogP contribution in [0.5, 0.6) is 0 Å². The standard InChI is InChI=1S/C18H34O4/c1-4-6-7-8-9-10-14-21-17(19)12-11-13-18(20)22-15-16(3)5-2/h16H,4-15H2,1-3H3. The fourth-order valence-electron chi connectivity index (χ4n) is 1.94. The summed E-state index contributed by atoms with van der Waals surface area (Å²) >= 11 is 0. The van der Waals surface area contributed by atoms with E-state index in [-0.39, 0.29) is 11.9 Å². The van der Waals surface area contributed by atoms with Crippen molar-refractivity contribution in [2.75, 3.05) is 13.2 Å². The highest BCUT2D eigenvalue weighted by atomic mass is 16.5. The zero-order chi connectivity index (χ0) is 16.6. The summed E-state index contributed by atoms with van der Waals surface area (Å²) in [5.41, 5.74) is 0. The molecule has 0 bridgehead atoms. The zero-order valence-electron chi connectivity index (χ0n) is 14.7. The SMILES string of the molecule is CCCCCCCCOC(=O)CCCC(=O)OCC(C)CC. The summed E-state index contributed by atoms with van der Waals surface area (Å²) in [5, 5.41) is 0. The minimum absolute atomic E-state index is 0.205. The van der Waals surface area contributed by atoms with Crippen molar-refractivity contribution in [3.8, 4) is 0 Å². The molecule has 0 spiro atoms. The highest BCUT2D eigenvalue weighted by Crippen LogP contribution is 2.07. The van der Waals surface area contributed by atoms with Crippen LogP contribution in [0.3, 0.4) is 0 Å². The van der Waals surface area contributed by atoms with Crippen LogP contribution in [0.4, 0.5) is 0 Å². The van der Waals surface area contributed by atoms with Gasteiger partial charge in [0.1, 0.15) is 0 Å². The Morgan fingerprint density at radius 3 is 2.05 bits per heavy atom. The molecule has 0 aliphatic carbocycles. The molecule has 0 aliphatic heterocycles. The second kappa shape index (κ2) is 14.9. The lowest BCUT2D eigenvalue weighted by Gasteiger charge is -2.09. The fraction of sp³-hybridized carbons (Fsp3) is 0.889. The van der Waals surface area contributed by atoms with Gasteiger partial charge >= 0.3 is 11.9 Å². The molecule has 0 aromatic carbocycles. The van der Waals surface area contributed by atoms with Crippen molar-refractivity contribution in [1.29, 1.82) is 0 Å². The van der Waals surface area contributed by atoms with E-state index in [1.807, 2.05) is 6.92 Å². The average molecular weight is 314 g/mol. The van der Waals surface area contributed by atoms with Crippen molar-refractivity contribution >= 4 is 11.9 Å². The van der Waals surface area contributed by atoms with Gasteiger partial charge in [0.25, 0.3) is 0 Å². The highest BCUT2D eigenvalue weighted by molar-refractivity contribution is 5.72. The van der Waals surface area contributed by atoms with E-state index in [4.69, 9.17) is 9.47 Å². The Morgan fingerprint density at radius 1 is 0.818 bits per heavy atom.